The largest absolute Gasteiger partial charge is 0.362 e. The third-order valence-electron chi connectivity index (χ3n) is 6.14. The van der Waals surface area contributed by atoms with Crippen LogP contribution in [0.25, 0.3) is 0 Å². The van der Waals surface area contributed by atoms with Gasteiger partial charge in [-0.1, -0.05) is 13.3 Å². The number of hydrogen-bond donors (Lipinski definition) is 2. The molecule has 23 heavy (non-hydrogen) atoms. The Hall–Kier alpha value is -1.10. The van der Waals surface area contributed by atoms with E-state index in [2.05, 4.69) is 34.5 Å². The Bertz CT molecular complexity index is 544. The molecule has 2 N–H and O–H groups in total. The van der Waals surface area contributed by atoms with Gasteiger partial charge in [-0.2, -0.15) is 5.10 Å². The maximum Gasteiger partial charge on any atom is 0.171 e. The number of rotatable bonds is 5. The van der Waals surface area contributed by atoms with Gasteiger partial charge in [0.05, 0.1) is 5.54 Å². The SMILES string of the molecule is CCCCNC(=S)Nc1ccn(C23CC4CC(CC(C4)C2)C3)n1. The van der Waals surface area contributed by atoms with Crippen molar-refractivity contribution < 1.29 is 0 Å². The minimum absolute atomic E-state index is 0.298. The van der Waals surface area contributed by atoms with Crippen molar-refractivity contribution in [1.82, 2.24) is 15.1 Å². The summed E-state index contributed by atoms with van der Waals surface area (Å²) in [5.74, 6) is 3.71. The van der Waals surface area contributed by atoms with Gasteiger partial charge in [-0.15, -0.1) is 0 Å². The highest BCUT2D eigenvalue weighted by Crippen LogP contribution is 2.58. The zero-order valence-electron chi connectivity index (χ0n) is 14.1. The first-order valence-corrected chi connectivity index (χ1v) is 9.69. The molecular weight excluding hydrogens is 304 g/mol. The molecule has 4 fully saturated rings. The summed E-state index contributed by atoms with van der Waals surface area (Å²) < 4.78 is 2.27. The molecule has 5 rings (SSSR count). The van der Waals surface area contributed by atoms with Crippen molar-refractivity contribution in [3.05, 3.63) is 12.3 Å². The zero-order valence-corrected chi connectivity index (χ0v) is 14.9. The second kappa shape index (κ2) is 6.08. The highest BCUT2D eigenvalue weighted by Gasteiger charge is 2.52. The molecule has 0 spiro atoms. The lowest BCUT2D eigenvalue weighted by Crippen LogP contribution is -2.52. The molecule has 0 amide bonds. The number of unbranched alkanes of at least 4 members (excludes halogenated alkanes) is 1. The molecule has 4 aliphatic rings. The molecule has 126 valence electrons. The van der Waals surface area contributed by atoms with Gasteiger partial charge in [-0.25, -0.2) is 0 Å². The Kier molecular flexibility index (Phi) is 4.08. The Morgan fingerprint density at radius 3 is 2.52 bits per heavy atom. The van der Waals surface area contributed by atoms with Crippen LogP contribution in [0.15, 0.2) is 12.3 Å². The second-order valence-electron chi connectivity index (χ2n) is 8.02. The molecule has 0 radical (unpaired) electrons. The lowest BCUT2D eigenvalue weighted by atomic mass is 9.53. The summed E-state index contributed by atoms with van der Waals surface area (Å²) in [6.07, 6.45) is 12.9. The average molecular weight is 333 g/mol. The van der Waals surface area contributed by atoms with E-state index in [0.717, 1.165) is 36.5 Å². The molecule has 4 aliphatic carbocycles. The zero-order chi connectivity index (χ0) is 15.9. The van der Waals surface area contributed by atoms with E-state index in [1.807, 2.05) is 0 Å². The normalized spacial score (nSPS) is 34.6. The summed E-state index contributed by atoms with van der Waals surface area (Å²) in [6.45, 7) is 3.11. The Morgan fingerprint density at radius 1 is 1.26 bits per heavy atom. The first-order chi connectivity index (χ1) is 11.2. The third-order valence-corrected chi connectivity index (χ3v) is 6.38. The van der Waals surface area contributed by atoms with Gasteiger partial charge in [-0.05, 0) is 74.9 Å². The van der Waals surface area contributed by atoms with Crippen LogP contribution in [0.1, 0.15) is 58.3 Å². The Morgan fingerprint density at radius 2 is 1.91 bits per heavy atom. The predicted molar refractivity (Wildman–Crippen MR) is 97.5 cm³/mol. The smallest absolute Gasteiger partial charge is 0.171 e. The van der Waals surface area contributed by atoms with Crippen LogP contribution in [0, 0.1) is 17.8 Å². The molecule has 0 aromatic carbocycles. The standard InChI is InChI=1S/C18H28N4S/c1-2-3-5-19-17(23)20-16-4-6-22(21-16)18-10-13-7-14(11-18)9-15(8-13)12-18/h4,6,13-15H,2-3,5,7-12H2,1H3,(H2,19,20,21,23). The van der Waals surface area contributed by atoms with E-state index in [9.17, 15) is 0 Å². The number of hydrogen-bond acceptors (Lipinski definition) is 2. The Balaban J connectivity index is 1.43. The molecule has 1 heterocycles. The van der Waals surface area contributed by atoms with Crippen molar-refractivity contribution >= 4 is 23.1 Å². The van der Waals surface area contributed by atoms with Crippen LogP contribution in [0.3, 0.4) is 0 Å². The molecular formula is C18H28N4S. The molecule has 5 heteroatoms. The monoisotopic (exact) mass is 332 g/mol. The summed E-state index contributed by atoms with van der Waals surface area (Å²) in [4.78, 5) is 0. The van der Waals surface area contributed by atoms with Gasteiger partial charge in [0.2, 0.25) is 0 Å². The molecule has 0 unspecified atom stereocenters. The molecule has 0 saturated heterocycles. The van der Waals surface area contributed by atoms with E-state index in [4.69, 9.17) is 17.3 Å². The fraction of sp³-hybridized carbons (Fsp3) is 0.778. The highest BCUT2D eigenvalue weighted by molar-refractivity contribution is 7.80. The molecule has 1 aromatic rings. The van der Waals surface area contributed by atoms with Crippen molar-refractivity contribution in [2.24, 2.45) is 17.8 Å². The summed E-state index contributed by atoms with van der Waals surface area (Å²) >= 11 is 5.36. The van der Waals surface area contributed by atoms with Crippen LogP contribution >= 0.6 is 12.2 Å². The van der Waals surface area contributed by atoms with E-state index < -0.39 is 0 Å². The Labute approximate surface area is 144 Å². The molecule has 4 saturated carbocycles. The number of aromatic nitrogens is 2. The molecule has 4 bridgehead atoms. The highest BCUT2D eigenvalue weighted by atomic mass is 32.1. The second-order valence-corrected chi connectivity index (χ2v) is 8.43. The maximum atomic E-state index is 5.36. The minimum Gasteiger partial charge on any atom is -0.362 e. The molecule has 4 nitrogen and oxygen atoms in total. The average Bonchev–Trinajstić information content (AvgIpc) is 2.95. The van der Waals surface area contributed by atoms with Gasteiger partial charge in [0.25, 0.3) is 0 Å². The van der Waals surface area contributed by atoms with Crippen molar-refractivity contribution in [2.75, 3.05) is 11.9 Å². The van der Waals surface area contributed by atoms with Crippen LogP contribution in [-0.2, 0) is 5.54 Å². The van der Waals surface area contributed by atoms with Gasteiger partial charge in [0.15, 0.2) is 10.9 Å². The fourth-order valence-corrected chi connectivity index (χ4v) is 5.75. The summed E-state index contributed by atoms with van der Waals surface area (Å²) in [5.41, 5.74) is 0.298. The molecule has 0 aliphatic heterocycles. The topological polar surface area (TPSA) is 41.9 Å². The quantitative estimate of drug-likeness (QED) is 0.634. The van der Waals surface area contributed by atoms with E-state index in [1.54, 1.807) is 0 Å². The lowest BCUT2D eigenvalue weighted by Gasteiger charge is -2.56. The minimum atomic E-state index is 0.298. The molecule has 1 aromatic heterocycles. The van der Waals surface area contributed by atoms with Crippen LogP contribution in [0.2, 0.25) is 0 Å². The van der Waals surface area contributed by atoms with Crippen molar-refractivity contribution in [2.45, 2.75) is 63.8 Å². The summed E-state index contributed by atoms with van der Waals surface area (Å²) in [6, 6.07) is 2.08. The van der Waals surface area contributed by atoms with Crippen LogP contribution in [0.5, 0.6) is 0 Å². The molecule has 0 atom stereocenters. The van der Waals surface area contributed by atoms with Gasteiger partial charge in [-0.3, -0.25) is 4.68 Å². The number of anilines is 1. The van der Waals surface area contributed by atoms with Crippen LogP contribution < -0.4 is 10.6 Å². The van der Waals surface area contributed by atoms with E-state index in [0.29, 0.717) is 10.7 Å². The number of thiocarbonyl (C=S) groups is 1. The van der Waals surface area contributed by atoms with Crippen molar-refractivity contribution in [3.63, 3.8) is 0 Å². The third kappa shape index (κ3) is 3.00. The van der Waals surface area contributed by atoms with Crippen LogP contribution in [-0.4, -0.2) is 21.4 Å². The van der Waals surface area contributed by atoms with Gasteiger partial charge in [0, 0.05) is 18.8 Å². The van der Waals surface area contributed by atoms with Crippen LogP contribution in [0.4, 0.5) is 5.82 Å². The summed E-state index contributed by atoms with van der Waals surface area (Å²) in [5, 5.41) is 12.0. The first-order valence-electron chi connectivity index (χ1n) is 9.28. The predicted octanol–water partition coefficient (Wildman–Crippen LogP) is 3.89. The lowest BCUT2D eigenvalue weighted by molar-refractivity contribution is -0.0492. The number of nitrogens with one attached hydrogen (secondary N) is 2. The fourth-order valence-electron chi connectivity index (χ4n) is 5.54. The van der Waals surface area contributed by atoms with Gasteiger partial charge < -0.3 is 10.6 Å². The summed E-state index contributed by atoms with van der Waals surface area (Å²) in [7, 11) is 0. The van der Waals surface area contributed by atoms with E-state index >= 15 is 0 Å². The van der Waals surface area contributed by atoms with Crippen molar-refractivity contribution in [1.29, 1.82) is 0 Å². The van der Waals surface area contributed by atoms with Gasteiger partial charge in [0.1, 0.15) is 0 Å². The number of nitrogens with zero attached hydrogens (tertiary/aromatic N) is 2. The first kappa shape index (κ1) is 15.4. The van der Waals surface area contributed by atoms with Gasteiger partial charge >= 0.3 is 0 Å². The van der Waals surface area contributed by atoms with Crippen molar-refractivity contribution in [3.8, 4) is 0 Å². The maximum absolute atomic E-state index is 5.36. The van der Waals surface area contributed by atoms with E-state index in [1.165, 1.54) is 44.9 Å². The van der Waals surface area contributed by atoms with E-state index in [-0.39, 0.29) is 0 Å².